The third kappa shape index (κ3) is 2.77. The molecule has 1 aromatic rings. The van der Waals surface area contributed by atoms with Crippen molar-refractivity contribution in [3.63, 3.8) is 0 Å². The molecule has 5 heteroatoms. The van der Waals surface area contributed by atoms with Crippen molar-refractivity contribution in [2.75, 3.05) is 0 Å². The quantitative estimate of drug-likeness (QED) is 0.351. The van der Waals surface area contributed by atoms with Gasteiger partial charge in [-0.05, 0) is 57.3 Å². The molecule has 0 aliphatic carbocycles. The van der Waals surface area contributed by atoms with Gasteiger partial charge in [-0.15, -0.1) is 0 Å². The number of rotatable bonds is 0. The van der Waals surface area contributed by atoms with Gasteiger partial charge in [0.1, 0.15) is 0 Å². The summed E-state index contributed by atoms with van der Waals surface area (Å²) in [5.74, 6) is 2.11. The normalized spacial score (nSPS) is 10.4. The first-order valence-electron chi connectivity index (χ1n) is 2.64. The van der Waals surface area contributed by atoms with Gasteiger partial charge >= 0.3 is 38.6 Å². The van der Waals surface area contributed by atoms with Gasteiger partial charge in [-0.25, -0.2) is 0 Å². The van der Waals surface area contributed by atoms with Gasteiger partial charge < -0.3 is 4.74 Å². The summed E-state index contributed by atoms with van der Waals surface area (Å²) in [4.78, 5) is 0. The van der Waals surface area contributed by atoms with E-state index in [9.17, 15) is 0 Å². The van der Waals surface area contributed by atoms with E-state index in [1.807, 2.05) is 6.07 Å². The zero-order chi connectivity index (χ0) is 8.43. The fourth-order valence-electron chi connectivity index (χ4n) is 0.678. The number of hydrogen-bond acceptors (Lipinski definition) is 1. The summed E-state index contributed by atoms with van der Waals surface area (Å²) in [7, 11) is 0. The first-order valence-corrected chi connectivity index (χ1v) is 12.1. The van der Waals surface area contributed by atoms with Gasteiger partial charge in [0.15, 0.2) is 11.5 Å². The SMILES string of the molecule is Ic1ccc2c(c1I)O2.[Zr][I]. The minimum atomic E-state index is 1.04. The molecule has 1 aromatic carbocycles. The Morgan fingerprint density at radius 1 is 1.18 bits per heavy atom. The van der Waals surface area contributed by atoms with Crippen LogP contribution in [-0.2, 0) is 20.5 Å². The van der Waals surface area contributed by atoms with E-state index in [1.165, 1.54) is 27.7 Å². The number of halogens is 3. The molecule has 11 heavy (non-hydrogen) atoms. The first-order chi connectivity index (χ1) is 5.29. The van der Waals surface area contributed by atoms with Crippen LogP contribution in [0.4, 0.5) is 0 Å². The molecule has 0 bridgehead atoms. The van der Waals surface area contributed by atoms with E-state index in [0.29, 0.717) is 0 Å². The average Bonchev–Trinajstić information content (AvgIpc) is 2.81. The molecule has 1 aliphatic rings. The van der Waals surface area contributed by atoms with Crippen molar-refractivity contribution in [2.24, 2.45) is 0 Å². The topological polar surface area (TPSA) is 12.5 Å². The van der Waals surface area contributed by atoms with Crippen LogP contribution in [0.15, 0.2) is 12.1 Å². The molecular formula is C6H2I3OZr. The van der Waals surface area contributed by atoms with Crippen LogP contribution in [0.1, 0.15) is 0 Å². The second kappa shape index (κ2) is 5.09. The molecule has 0 unspecified atom stereocenters. The second-order valence-corrected chi connectivity index (χ2v) is 4.03. The van der Waals surface area contributed by atoms with Crippen LogP contribution in [0.2, 0.25) is 0 Å². The Morgan fingerprint density at radius 2 is 1.82 bits per heavy atom. The summed E-state index contributed by atoms with van der Waals surface area (Å²) in [6, 6.07) is 4.06. The van der Waals surface area contributed by atoms with Crippen LogP contribution in [0.5, 0.6) is 11.5 Å². The van der Waals surface area contributed by atoms with E-state index in [1.54, 1.807) is 0 Å². The number of fused-ring (bicyclic) bond motifs is 1. The molecule has 0 fully saturated rings. The zero-order valence-electron chi connectivity index (χ0n) is 5.20. The average molecular weight is 562 g/mol. The summed E-state index contributed by atoms with van der Waals surface area (Å²) >= 11 is 8.34. The van der Waals surface area contributed by atoms with Crippen molar-refractivity contribution in [3.8, 4) is 11.5 Å². The Hall–Kier alpha value is 2.09. The fourth-order valence-corrected chi connectivity index (χ4v) is 1.66. The molecule has 57 valence electrons. The Bertz CT molecular complexity index is 273. The standard InChI is InChI=1S/C6H2I2O.HI.Zr/c7-3-1-2-4-6(9-4)5(3)8;;/h1-2H;1H;/q;;+1/p-1. The third-order valence-corrected chi connectivity index (χ3v) is 4.19. The van der Waals surface area contributed by atoms with Crippen molar-refractivity contribution >= 4 is 63.2 Å². The molecule has 0 radical (unpaired) electrons. The summed E-state index contributed by atoms with van der Waals surface area (Å²) in [5.41, 5.74) is 0. The molecule has 2 rings (SSSR count). The predicted octanol–water partition coefficient (Wildman–Crippen LogP) is 3.88. The van der Waals surface area contributed by atoms with Crippen molar-refractivity contribution in [1.29, 1.82) is 0 Å². The van der Waals surface area contributed by atoms with Crippen molar-refractivity contribution in [1.82, 2.24) is 0 Å². The Kier molecular flexibility index (Phi) is 5.17. The van der Waals surface area contributed by atoms with Gasteiger partial charge in [0.05, 0.1) is 3.57 Å². The van der Waals surface area contributed by atoms with Crippen molar-refractivity contribution < 1.29 is 25.3 Å². The summed E-state index contributed by atoms with van der Waals surface area (Å²) < 4.78 is 7.65. The number of hydrogen-bond donors (Lipinski definition) is 0. The zero-order valence-corrected chi connectivity index (χ0v) is 14.1. The van der Waals surface area contributed by atoms with E-state index in [-0.39, 0.29) is 0 Å². The molecule has 0 saturated heterocycles. The van der Waals surface area contributed by atoms with Gasteiger partial charge in [-0.3, -0.25) is 0 Å². The molecule has 0 aromatic heterocycles. The van der Waals surface area contributed by atoms with Crippen LogP contribution >= 0.6 is 63.2 Å². The van der Waals surface area contributed by atoms with E-state index < -0.39 is 0 Å². The molecule has 1 heterocycles. The monoisotopic (exact) mass is 561 g/mol. The fraction of sp³-hybridized carbons (Fsp3) is 0. The molecule has 1 aliphatic heterocycles. The van der Waals surface area contributed by atoms with Crippen molar-refractivity contribution in [2.45, 2.75) is 0 Å². The Labute approximate surface area is 117 Å². The molecule has 0 atom stereocenters. The van der Waals surface area contributed by atoms with E-state index in [0.717, 1.165) is 11.5 Å². The molecule has 0 spiro atoms. The summed E-state index contributed by atoms with van der Waals surface area (Å²) in [6.07, 6.45) is 0. The molecule has 1 nitrogen and oxygen atoms in total. The van der Waals surface area contributed by atoms with Gasteiger partial charge in [0, 0.05) is 3.57 Å². The van der Waals surface area contributed by atoms with Crippen LogP contribution in [0, 0.1) is 7.14 Å². The van der Waals surface area contributed by atoms with Gasteiger partial charge in [0.2, 0.25) is 0 Å². The molecular weight excluding hydrogens is 560 g/mol. The van der Waals surface area contributed by atoms with Gasteiger partial charge in [0.25, 0.3) is 0 Å². The third-order valence-electron chi connectivity index (χ3n) is 1.18. The van der Waals surface area contributed by atoms with Crippen molar-refractivity contribution in [3.05, 3.63) is 19.3 Å². The van der Waals surface area contributed by atoms with Crippen LogP contribution < -0.4 is 4.74 Å². The van der Waals surface area contributed by atoms with Crippen LogP contribution in [0.25, 0.3) is 0 Å². The van der Waals surface area contributed by atoms with Gasteiger partial charge in [-0.1, -0.05) is 0 Å². The van der Waals surface area contributed by atoms with E-state index in [4.69, 9.17) is 4.74 Å². The first kappa shape index (κ1) is 11.2. The minimum absolute atomic E-state index is 1.04. The predicted molar refractivity (Wildman–Crippen MR) is 66.0 cm³/mol. The summed E-state index contributed by atoms with van der Waals surface area (Å²) in [5, 5.41) is 0. The van der Waals surface area contributed by atoms with E-state index in [2.05, 4.69) is 69.3 Å². The Morgan fingerprint density at radius 3 is 2.36 bits per heavy atom. The number of benzene rings is 1. The molecule has 0 saturated carbocycles. The maximum absolute atomic E-state index is 5.14. The van der Waals surface area contributed by atoms with Crippen LogP contribution in [-0.4, -0.2) is 0 Å². The maximum atomic E-state index is 5.14. The second-order valence-electron chi connectivity index (χ2n) is 1.79. The van der Waals surface area contributed by atoms with E-state index >= 15 is 0 Å². The van der Waals surface area contributed by atoms with Crippen LogP contribution in [0.3, 0.4) is 0 Å². The summed E-state index contributed by atoms with van der Waals surface area (Å²) in [6.45, 7) is 0. The Balaban J connectivity index is 0.000000281. The molecule has 0 amide bonds. The van der Waals surface area contributed by atoms with Gasteiger partial charge in [-0.2, -0.15) is 0 Å². The number of ether oxygens (including phenoxy) is 1. The molecule has 0 N–H and O–H groups in total.